The summed E-state index contributed by atoms with van der Waals surface area (Å²) < 4.78 is 0.958. The van der Waals surface area contributed by atoms with Crippen molar-refractivity contribution in [2.75, 3.05) is 0 Å². The van der Waals surface area contributed by atoms with Gasteiger partial charge < -0.3 is 0 Å². The van der Waals surface area contributed by atoms with Crippen LogP contribution in [0.3, 0.4) is 0 Å². The number of halogens is 1. The zero-order chi connectivity index (χ0) is 8.65. The molecule has 0 aromatic carbocycles. The smallest absolute Gasteiger partial charge is 0.0141 e. The van der Waals surface area contributed by atoms with E-state index in [1.54, 1.807) is 0 Å². The van der Waals surface area contributed by atoms with Gasteiger partial charge in [-0.15, -0.1) is 0 Å². The standard InChI is InChI=1S/C10H19I/c1-7-8(5-9(7)11)6-10(2,3)4/h7-9H,5-6H2,1-4H3/t7?,8-,9?/m0/s1. The Kier molecular flexibility index (Phi) is 2.88. The molecule has 0 N–H and O–H groups in total. The van der Waals surface area contributed by atoms with E-state index >= 15 is 0 Å². The first-order chi connectivity index (χ1) is 4.90. The highest BCUT2D eigenvalue weighted by atomic mass is 127. The van der Waals surface area contributed by atoms with E-state index in [1.807, 2.05) is 0 Å². The molecule has 3 atom stereocenters. The Labute approximate surface area is 84.3 Å². The minimum Gasteiger partial charge on any atom is -0.0823 e. The van der Waals surface area contributed by atoms with Crippen molar-refractivity contribution in [3.8, 4) is 0 Å². The quantitative estimate of drug-likeness (QED) is 0.499. The Morgan fingerprint density at radius 1 is 1.36 bits per heavy atom. The number of hydrogen-bond acceptors (Lipinski definition) is 0. The Morgan fingerprint density at radius 2 is 1.91 bits per heavy atom. The van der Waals surface area contributed by atoms with Crippen molar-refractivity contribution < 1.29 is 0 Å². The summed E-state index contributed by atoms with van der Waals surface area (Å²) in [5.74, 6) is 1.98. The molecule has 0 radical (unpaired) electrons. The normalized spacial score (nSPS) is 38.5. The molecular formula is C10H19I. The molecule has 1 heteroatoms. The summed E-state index contributed by atoms with van der Waals surface area (Å²) >= 11 is 2.59. The molecule has 0 bridgehead atoms. The SMILES string of the molecule is CC1C(I)C[C@H]1CC(C)(C)C. The molecule has 0 heterocycles. The maximum absolute atomic E-state index is 2.59. The molecule has 66 valence electrons. The molecule has 0 nitrogen and oxygen atoms in total. The lowest BCUT2D eigenvalue weighted by Crippen LogP contribution is -2.37. The second kappa shape index (κ2) is 3.23. The van der Waals surface area contributed by atoms with Gasteiger partial charge in [-0.2, -0.15) is 0 Å². The van der Waals surface area contributed by atoms with Gasteiger partial charge in [0, 0.05) is 3.92 Å². The van der Waals surface area contributed by atoms with E-state index in [0.717, 1.165) is 15.8 Å². The average molecular weight is 266 g/mol. The zero-order valence-electron chi connectivity index (χ0n) is 8.02. The summed E-state index contributed by atoms with van der Waals surface area (Å²) in [7, 11) is 0. The van der Waals surface area contributed by atoms with E-state index in [2.05, 4.69) is 50.3 Å². The van der Waals surface area contributed by atoms with Gasteiger partial charge in [-0.3, -0.25) is 0 Å². The second-order valence-corrected chi connectivity index (χ2v) is 6.74. The van der Waals surface area contributed by atoms with Crippen LogP contribution in [-0.4, -0.2) is 3.92 Å². The lowest BCUT2D eigenvalue weighted by Gasteiger charge is -2.42. The van der Waals surface area contributed by atoms with Crippen molar-refractivity contribution >= 4 is 22.6 Å². The summed E-state index contributed by atoms with van der Waals surface area (Å²) in [6.07, 6.45) is 2.87. The summed E-state index contributed by atoms with van der Waals surface area (Å²) in [4.78, 5) is 0. The topological polar surface area (TPSA) is 0 Å². The Morgan fingerprint density at radius 3 is 2.18 bits per heavy atom. The second-order valence-electron chi connectivity index (χ2n) is 5.14. The molecule has 0 aromatic rings. The predicted octanol–water partition coefficient (Wildman–Crippen LogP) is 3.88. The first-order valence-electron chi connectivity index (χ1n) is 4.54. The van der Waals surface area contributed by atoms with Crippen LogP contribution in [-0.2, 0) is 0 Å². The first kappa shape index (κ1) is 9.82. The molecule has 1 rings (SSSR count). The maximum Gasteiger partial charge on any atom is 0.0141 e. The summed E-state index contributed by atoms with van der Waals surface area (Å²) in [6, 6.07) is 0. The average Bonchev–Trinajstić information content (AvgIpc) is 1.84. The molecule has 1 fully saturated rings. The predicted molar refractivity (Wildman–Crippen MR) is 59.2 cm³/mol. The molecule has 0 aliphatic heterocycles. The largest absolute Gasteiger partial charge is 0.0823 e. The van der Waals surface area contributed by atoms with Gasteiger partial charge in [0.15, 0.2) is 0 Å². The van der Waals surface area contributed by atoms with Gasteiger partial charge in [-0.05, 0) is 30.1 Å². The zero-order valence-corrected chi connectivity index (χ0v) is 10.2. The lowest BCUT2D eigenvalue weighted by atomic mass is 9.68. The molecule has 0 spiro atoms. The van der Waals surface area contributed by atoms with Gasteiger partial charge in [0.2, 0.25) is 0 Å². The van der Waals surface area contributed by atoms with E-state index in [-0.39, 0.29) is 0 Å². The summed E-state index contributed by atoms with van der Waals surface area (Å²) in [5, 5.41) is 0. The highest BCUT2D eigenvalue weighted by molar-refractivity contribution is 14.1. The third kappa shape index (κ3) is 2.60. The Bertz CT molecular complexity index is 134. The van der Waals surface area contributed by atoms with Gasteiger partial charge in [0.1, 0.15) is 0 Å². The van der Waals surface area contributed by atoms with Gasteiger partial charge in [-0.25, -0.2) is 0 Å². The van der Waals surface area contributed by atoms with Crippen molar-refractivity contribution in [1.29, 1.82) is 0 Å². The van der Waals surface area contributed by atoms with Crippen LogP contribution in [0, 0.1) is 17.3 Å². The maximum atomic E-state index is 2.59. The van der Waals surface area contributed by atoms with Gasteiger partial charge in [-0.1, -0.05) is 50.3 Å². The van der Waals surface area contributed by atoms with Crippen molar-refractivity contribution in [2.45, 2.75) is 44.5 Å². The van der Waals surface area contributed by atoms with Crippen LogP contribution >= 0.6 is 22.6 Å². The fraction of sp³-hybridized carbons (Fsp3) is 1.00. The van der Waals surface area contributed by atoms with E-state index < -0.39 is 0 Å². The van der Waals surface area contributed by atoms with Crippen LogP contribution in [0.1, 0.15) is 40.5 Å². The van der Waals surface area contributed by atoms with Crippen LogP contribution in [0.5, 0.6) is 0 Å². The number of alkyl halides is 1. The fourth-order valence-electron chi connectivity index (χ4n) is 1.87. The lowest BCUT2D eigenvalue weighted by molar-refractivity contribution is 0.148. The monoisotopic (exact) mass is 266 g/mol. The molecule has 1 aliphatic carbocycles. The molecule has 1 aliphatic rings. The van der Waals surface area contributed by atoms with Crippen LogP contribution < -0.4 is 0 Å². The van der Waals surface area contributed by atoms with Crippen molar-refractivity contribution in [3.63, 3.8) is 0 Å². The van der Waals surface area contributed by atoms with Crippen LogP contribution in [0.25, 0.3) is 0 Å². The Balaban J connectivity index is 2.31. The minimum absolute atomic E-state index is 0.537. The van der Waals surface area contributed by atoms with Crippen molar-refractivity contribution in [1.82, 2.24) is 0 Å². The first-order valence-corrected chi connectivity index (χ1v) is 5.79. The van der Waals surface area contributed by atoms with Crippen LogP contribution in [0.2, 0.25) is 0 Å². The molecule has 0 amide bonds. The van der Waals surface area contributed by atoms with Crippen molar-refractivity contribution in [2.24, 2.45) is 17.3 Å². The van der Waals surface area contributed by atoms with E-state index in [0.29, 0.717) is 5.41 Å². The van der Waals surface area contributed by atoms with E-state index in [9.17, 15) is 0 Å². The summed E-state index contributed by atoms with van der Waals surface area (Å²) in [5.41, 5.74) is 0.537. The number of rotatable bonds is 1. The van der Waals surface area contributed by atoms with Crippen molar-refractivity contribution in [3.05, 3.63) is 0 Å². The fourth-order valence-corrected chi connectivity index (χ4v) is 3.11. The number of hydrogen-bond donors (Lipinski definition) is 0. The van der Waals surface area contributed by atoms with Gasteiger partial charge in [0.25, 0.3) is 0 Å². The highest BCUT2D eigenvalue weighted by Crippen LogP contribution is 2.45. The molecule has 2 unspecified atom stereocenters. The Hall–Kier alpha value is 0.730. The van der Waals surface area contributed by atoms with Crippen LogP contribution in [0.15, 0.2) is 0 Å². The highest BCUT2D eigenvalue weighted by Gasteiger charge is 2.37. The summed E-state index contributed by atoms with van der Waals surface area (Å²) in [6.45, 7) is 9.44. The van der Waals surface area contributed by atoms with E-state index in [4.69, 9.17) is 0 Å². The third-order valence-electron chi connectivity index (χ3n) is 2.72. The molecule has 1 saturated carbocycles. The van der Waals surface area contributed by atoms with E-state index in [1.165, 1.54) is 12.8 Å². The molecular weight excluding hydrogens is 247 g/mol. The van der Waals surface area contributed by atoms with Gasteiger partial charge in [0.05, 0.1) is 0 Å². The minimum atomic E-state index is 0.537. The molecule has 11 heavy (non-hydrogen) atoms. The van der Waals surface area contributed by atoms with Crippen LogP contribution in [0.4, 0.5) is 0 Å². The third-order valence-corrected chi connectivity index (χ3v) is 4.36. The van der Waals surface area contributed by atoms with Gasteiger partial charge >= 0.3 is 0 Å². The molecule has 0 aromatic heterocycles. The molecule has 0 saturated heterocycles.